The summed E-state index contributed by atoms with van der Waals surface area (Å²) in [5, 5.41) is 0.753. The van der Waals surface area contributed by atoms with E-state index in [9.17, 15) is 9.59 Å². The molecule has 0 saturated carbocycles. The average Bonchev–Trinajstić information content (AvgIpc) is 3.16. The number of methoxy groups -OCH3 is 1. The molecule has 27 heavy (non-hydrogen) atoms. The maximum absolute atomic E-state index is 13.2. The molecular formula is C21H25N3O3. The van der Waals surface area contributed by atoms with Gasteiger partial charge in [0, 0.05) is 25.1 Å². The molecule has 2 aliphatic rings. The molecule has 0 aliphatic carbocycles. The van der Waals surface area contributed by atoms with Crippen molar-refractivity contribution in [2.75, 3.05) is 27.2 Å². The zero-order valence-electron chi connectivity index (χ0n) is 16.1. The van der Waals surface area contributed by atoms with E-state index in [0.29, 0.717) is 29.4 Å². The lowest BCUT2D eigenvalue weighted by Crippen LogP contribution is -2.35. The highest BCUT2D eigenvalue weighted by molar-refractivity contribution is 6.26. The average molecular weight is 367 g/mol. The number of imide groups is 1. The number of fused-ring (bicyclic) bond motifs is 3. The quantitative estimate of drug-likeness (QED) is 0.761. The second-order valence-electron chi connectivity index (χ2n) is 7.59. The molecule has 142 valence electrons. The number of nitrogens with zero attached hydrogens (tertiary/aromatic N) is 3. The highest BCUT2D eigenvalue weighted by Gasteiger charge is 2.40. The normalized spacial score (nSPS) is 20.1. The fourth-order valence-electron chi connectivity index (χ4n) is 4.31. The lowest BCUT2D eigenvalue weighted by Gasteiger charge is -2.22. The minimum atomic E-state index is -0.237. The van der Waals surface area contributed by atoms with Crippen LogP contribution in [0, 0.1) is 6.92 Å². The van der Waals surface area contributed by atoms with Crippen molar-refractivity contribution in [2.45, 2.75) is 38.8 Å². The van der Waals surface area contributed by atoms with Crippen LogP contribution < -0.4 is 0 Å². The van der Waals surface area contributed by atoms with Crippen molar-refractivity contribution in [3.8, 4) is 0 Å². The van der Waals surface area contributed by atoms with Crippen molar-refractivity contribution >= 4 is 22.7 Å². The minimum absolute atomic E-state index is 0.203. The predicted octanol–water partition coefficient (Wildman–Crippen LogP) is 2.77. The molecule has 2 aromatic rings. The van der Waals surface area contributed by atoms with Crippen LogP contribution in [0.15, 0.2) is 18.2 Å². The van der Waals surface area contributed by atoms with Gasteiger partial charge in [0.1, 0.15) is 0 Å². The third-order valence-corrected chi connectivity index (χ3v) is 5.77. The van der Waals surface area contributed by atoms with E-state index >= 15 is 0 Å². The molecule has 6 heteroatoms. The molecule has 1 aromatic carbocycles. The summed E-state index contributed by atoms with van der Waals surface area (Å²) in [6.07, 6.45) is 3.11. The molecule has 0 bridgehead atoms. The largest absolute Gasteiger partial charge is 0.378 e. The molecule has 1 unspecified atom stereocenters. The summed E-state index contributed by atoms with van der Waals surface area (Å²) in [6.45, 7) is 3.72. The molecular weight excluding hydrogens is 342 g/mol. The number of pyridine rings is 1. The van der Waals surface area contributed by atoms with E-state index in [2.05, 4.69) is 16.9 Å². The third kappa shape index (κ3) is 3.03. The number of aromatic nitrogens is 1. The van der Waals surface area contributed by atoms with Gasteiger partial charge in [0.05, 0.1) is 28.9 Å². The van der Waals surface area contributed by atoms with Crippen LogP contribution in [0.3, 0.4) is 0 Å². The molecule has 6 nitrogen and oxygen atoms in total. The number of carbonyl (C=O) groups is 2. The number of rotatable bonds is 5. The Balaban J connectivity index is 1.73. The van der Waals surface area contributed by atoms with Crippen LogP contribution in [0.4, 0.5) is 0 Å². The third-order valence-electron chi connectivity index (χ3n) is 5.77. The number of benzene rings is 1. The molecule has 1 saturated heterocycles. The van der Waals surface area contributed by atoms with Gasteiger partial charge in [-0.05, 0) is 51.9 Å². The van der Waals surface area contributed by atoms with E-state index in [4.69, 9.17) is 4.74 Å². The van der Waals surface area contributed by atoms with Gasteiger partial charge in [-0.3, -0.25) is 14.5 Å². The molecule has 1 aromatic heterocycles. The predicted molar refractivity (Wildman–Crippen MR) is 103 cm³/mol. The molecule has 2 aliphatic heterocycles. The van der Waals surface area contributed by atoms with Crippen LogP contribution in [0.1, 0.15) is 51.2 Å². The Morgan fingerprint density at radius 2 is 2.00 bits per heavy atom. The molecule has 0 N–H and O–H groups in total. The van der Waals surface area contributed by atoms with Gasteiger partial charge in [0.15, 0.2) is 0 Å². The number of ether oxygens (including phenoxy) is 1. The zero-order chi connectivity index (χ0) is 19.1. The van der Waals surface area contributed by atoms with E-state index < -0.39 is 0 Å². The monoisotopic (exact) mass is 367 g/mol. The maximum Gasteiger partial charge on any atom is 0.263 e. The van der Waals surface area contributed by atoms with E-state index in [-0.39, 0.29) is 18.4 Å². The Hall–Kier alpha value is -2.31. The molecule has 2 amide bonds. The van der Waals surface area contributed by atoms with Crippen molar-refractivity contribution < 1.29 is 14.3 Å². The fourth-order valence-corrected chi connectivity index (χ4v) is 4.31. The number of aryl methyl sites for hydroxylation is 1. The molecule has 4 rings (SSSR count). The Labute approximate surface area is 159 Å². The summed E-state index contributed by atoms with van der Waals surface area (Å²) in [6, 6.07) is 6.24. The van der Waals surface area contributed by atoms with Gasteiger partial charge in [-0.25, -0.2) is 4.98 Å². The Morgan fingerprint density at radius 1 is 1.22 bits per heavy atom. The summed E-state index contributed by atoms with van der Waals surface area (Å²) in [4.78, 5) is 34.6. The van der Waals surface area contributed by atoms with Gasteiger partial charge in [0.25, 0.3) is 11.8 Å². The highest BCUT2D eigenvalue weighted by Crippen LogP contribution is 2.33. The van der Waals surface area contributed by atoms with Crippen LogP contribution in [0.25, 0.3) is 10.9 Å². The number of hydrogen-bond acceptors (Lipinski definition) is 5. The van der Waals surface area contributed by atoms with E-state index in [1.165, 1.54) is 11.3 Å². The molecule has 1 atom stereocenters. The molecule has 1 fully saturated rings. The van der Waals surface area contributed by atoms with Crippen LogP contribution in [0.5, 0.6) is 0 Å². The van der Waals surface area contributed by atoms with Crippen molar-refractivity contribution in [2.24, 2.45) is 0 Å². The zero-order valence-corrected chi connectivity index (χ0v) is 16.1. The fraction of sp³-hybridized carbons (Fsp3) is 0.476. The van der Waals surface area contributed by atoms with Gasteiger partial charge in [-0.15, -0.1) is 0 Å². The Bertz CT molecular complexity index is 925. The summed E-state index contributed by atoms with van der Waals surface area (Å²) in [7, 11) is 3.68. The van der Waals surface area contributed by atoms with Crippen LogP contribution in [0.2, 0.25) is 0 Å². The van der Waals surface area contributed by atoms with Crippen molar-refractivity contribution in [1.82, 2.24) is 14.8 Å². The number of carbonyl (C=O) groups excluding carboxylic acids is 2. The summed E-state index contributed by atoms with van der Waals surface area (Å²) in [5.74, 6) is -0.440. The second kappa shape index (κ2) is 7.02. The lowest BCUT2D eigenvalue weighted by atomic mass is 10.0. The lowest BCUT2D eigenvalue weighted by molar-refractivity contribution is 0.0641. The smallest absolute Gasteiger partial charge is 0.263 e. The first-order chi connectivity index (χ1) is 13.0. The summed E-state index contributed by atoms with van der Waals surface area (Å²) >= 11 is 0. The van der Waals surface area contributed by atoms with Gasteiger partial charge < -0.3 is 9.64 Å². The standard InChI is InChI=1S/C21H25N3O3/c1-13-6-7-16-15(11-13)18-19(17(22-16)12-27-3)21(26)24(20(18)25)10-8-14-5-4-9-23(14)2/h6-7,11,14H,4-5,8-10,12H2,1-3H3. The Morgan fingerprint density at radius 3 is 2.70 bits per heavy atom. The summed E-state index contributed by atoms with van der Waals surface area (Å²) < 4.78 is 5.25. The van der Waals surface area contributed by atoms with E-state index in [1.807, 2.05) is 25.1 Å². The molecule has 3 heterocycles. The molecule has 0 radical (unpaired) electrons. The highest BCUT2D eigenvalue weighted by atomic mass is 16.5. The summed E-state index contributed by atoms with van der Waals surface area (Å²) in [5.41, 5.74) is 3.21. The Kier molecular flexibility index (Phi) is 4.70. The topological polar surface area (TPSA) is 62.7 Å². The van der Waals surface area contributed by atoms with Gasteiger partial charge in [0.2, 0.25) is 0 Å². The van der Waals surface area contributed by atoms with Crippen molar-refractivity contribution in [1.29, 1.82) is 0 Å². The van der Waals surface area contributed by atoms with E-state index in [1.54, 1.807) is 7.11 Å². The number of likely N-dealkylation sites (tertiary alicyclic amines) is 1. The van der Waals surface area contributed by atoms with Crippen molar-refractivity contribution in [3.05, 3.63) is 40.6 Å². The van der Waals surface area contributed by atoms with Gasteiger partial charge in [-0.1, -0.05) is 11.6 Å². The van der Waals surface area contributed by atoms with Crippen LogP contribution >= 0.6 is 0 Å². The minimum Gasteiger partial charge on any atom is -0.378 e. The van der Waals surface area contributed by atoms with Gasteiger partial charge >= 0.3 is 0 Å². The first kappa shape index (κ1) is 18.1. The second-order valence-corrected chi connectivity index (χ2v) is 7.59. The van der Waals surface area contributed by atoms with Gasteiger partial charge in [-0.2, -0.15) is 0 Å². The molecule has 0 spiro atoms. The first-order valence-electron chi connectivity index (χ1n) is 9.50. The van der Waals surface area contributed by atoms with Crippen LogP contribution in [-0.2, 0) is 11.3 Å². The number of hydrogen-bond donors (Lipinski definition) is 0. The maximum atomic E-state index is 13.2. The van der Waals surface area contributed by atoms with E-state index in [0.717, 1.165) is 35.9 Å². The van der Waals surface area contributed by atoms with Crippen molar-refractivity contribution in [3.63, 3.8) is 0 Å². The number of amides is 2. The SMILES string of the molecule is COCc1nc2ccc(C)cc2c2c1C(=O)N(CCC1CCCN1C)C2=O. The van der Waals surface area contributed by atoms with Crippen LogP contribution in [-0.4, -0.2) is 59.9 Å². The first-order valence-corrected chi connectivity index (χ1v) is 9.50.